The molecule has 0 aliphatic rings. The van der Waals surface area contributed by atoms with Crippen molar-refractivity contribution >= 4 is 56.1 Å². The van der Waals surface area contributed by atoms with E-state index in [1.807, 2.05) is 72.8 Å². The highest BCUT2D eigenvalue weighted by Gasteiger charge is 2.22. The first-order valence-corrected chi connectivity index (χ1v) is 12.0. The number of furan rings is 1. The zero-order chi connectivity index (χ0) is 24.2. The quantitative estimate of drug-likeness (QED) is 0.221. The van der Waals surface area contributed by atoms with E-state index in [1.165, 1.54) is 0 Å². The van der Waals surface area contributed by atoms with Gasteiger partial charge in [0.2, 0.25) is 0 Å². The van der Waals surface area contributed by atoms with Gasteiger partial charge in [0.25, 0.3) is 0 Å². The highest BCUT2D eigenvalue weighted by Crippen LogP contribution is 2.40. The van der Waals surface area contributed by atoms with Crippen LogP contribution in [0.4, 0.5) is 0 Å². The van der Waals surface area contributed by atoms with Crippen LogP contribution in [0.1, 0.15) is 0 Å². The summed E-state index contributed by atoms with van der Waals surface area (Å²) in [4.78, 5) is 0. The molecule has 3 nitrogen and oxygen atoms in total. The third-order valence-electron chi connectivity index (χ3n) is 7.10. The molecule has 0 spiro atoms. The summed E-state index contributed by atoms with van der Waals surface area (Å²) < 4.78 is 6.39. The minimum Gasteiger partial charge on any atom is -0.455 e. The molecule has 2 N–H and O–H groups in total. The first-order chi connectivity index (χ1) is 17.7. The summed E-state index contributed by atoms with van der Waals surface area (Å²) in [5.74, 6) is 0. The molecule has 7 aromatic rings. The Morgan fingerprint density at radius 1 is 0.500 bits per heavy atom. The predicted octanol–water partition coefficient (Wildman–Crippen LogP) is 6.91. The van der Waals surface area contributed by atoms with Crippen LogP contribution in [0.3, 0.4) is 0 Å². The first-order valence-electron chi connectivity index (χ1n) is 12.0. The molecule has 0 amide bonds. The number of para-hydroxylation sites is 1. The van der Waals surface area contributed by atoms with Crippen LogP contribution in [-0.4, -0.2) is 17.2 Å². The largest absolute Gasteiger partial charge is 0.489 e. The zero-order valence-corrected chi connectivity index (χ0v) is 19.3. The number of fused-ring (bicyclic) bond motifs is 5. The smallest absolute Gasteiger partial charge is 0.455 e. The molecule has 6 aromatic carbocycles. The van der Waals surface area contributed by atoms with Crippen molar-refractivity contribution in [3.8, 4) is 22.3 Å². The van der Waals surface area contributed by atoms with Gasteiger partial charge < -0.3 is 14.5 Å². The Morgan fingerprint density at radius 3 is 1.78 bits per heavy atom. The van der Waals surface area contributed by atoms with Crippen molar-refractivity contribution in [2.75, 3.05) is 0 Å². The normalized spacial score (nSPS) is 11.6. The summed E-state index contributed by atoms with van der Waals surface area (Å²) in [7, 11) is -1.56. The summed E-state index contributed by atoms with van der Waals surface area (Å²) in [5.41, 5.74) is 6.58. The molecular weight excluding hydrogens is 443 g/mol. The number of benzene rings is 6. The van der Waals surface area contributed by atoms with Gasteiger partial charge in [0.15, 0.2) is 0 Å². The SMILES string of the molecule is OB(O)c1c2ccccc2c(-c2ccc3oc4c(-c5ccccc5)cccc4c3c2)c2ccccc12. The number of rotatable bonds is 3. The standard InChI is InChI=1S/C32H21BO3/c34-33(35)31-25-13-6-4-11-23(25)30(24-12-5-7-14-26(24)31)21-17-18-29-28(19-21)27-16-8-15-22(32(27)36-29)20-9-2-1-3-10-20/h1-19,34-35H. The zero-order valence-electron chi connectivity index (χ0n) is 19.3. The van der Waals surface area contributed by atoms with Crippen LogP contribution in [0.25, 0.3) is 65.7 Å². The van der Waals surface area contributed by atoms with E-state index in [0.717, 1.165) is 65.7 Å². The molecule has 0 atom stereocenters. The first kappa shape index (κ1) is 21.0. The van der Waals surface area contributed by atoms with Gasteiger partial charge in [0, 0.05) is 16.3 Å². The van der Waals surface area contributed by atoms with Crippen molar-refractivity contribution < 1.29 is 14.5 Å². The fraction of sp³-hybridized carbons (Fsp3) is 0. The van der Waals surface area contributed by atoms with Gasteiger partial charge in [0.05, 0.1) is 0 Å². The van der Waals surface area contributed by atoms with Gasteiger partial charge in [-0.25, -0.2) is 0 Å². The maximum atomic E-state index is 10.3. The Kier molecular flexibility index (Phi) is 4.71. The van der Waals surface area contributed by atoms with Crippen LogP contribution in [0.15, 0.2) is 120 Å². The van der Waals surface area contributed by atoms with E-state index in [1.54, 1.807) is 0 Å². The summed E-state index contributed by atoms with van der Waals surface area (Å²) in [6.07, 6.45) is 0. The molecule has 0 saturated carbocycles. The topological polar surface area (TPSA) is 53.6 Å². The average molecular weight is 464 g/mol. The van der Waals surface area contributed by atoms with Gasteiger partial charge in [0.1, 0.15) is 11.2 Å². The Hall–Kier alpha value is -4.38. The lowest BCUT2D eigenvalue weighted by molar-refractivity contribution is 0.426. The highest BCUT2D eigenvalue weighted by atomic mass is 16.4. The summed E-state index contributed by atoms with van der Waals surface area (Å²) in [6.45, 7) is 0. The lowest BCUT2D eigenvalue weighted by Gasteiger charge is -2.17. The van der Waals surface area contributed by atoms with Crippen LogP contribution in [0, 0.1) is 0 Å². The molecule has 0 bridgehead atoms. The Morgan fingerprint density at radius 2 is 1.11 bits per heavy atom. The van der Waals surface area contributed by atoms with Crippen molar-refractivity contribution in [2.24, 2.45) is 0 Å². The van der Waals surface area contributed by atoms with E-state index < -0.39 is 7.12 Å². The molecule has 1 aromatic heterocycles. The van der Waals surface area contributed by atoms with Gasteiger partial charge in [-0.15, -0.1) is 0 Å². The Bertz CT molecular complexity index is 1860. The van der Waals surface area contributed by atoms with E-state index in [4.69, 9.17) is 4.42 Å². The van der Waals surface area contributed by atoms with E-state index >= 15 is 0 Å². The Balaban J connectivity index is 1.55. The maximum Gasteiger partial charge on any atom is 0.489 e. The van der Waals surface area contributed by atoms with Gasteiger partial charge in [-0.3, -0.25) is 0 Å². The molecule has 0 unspecified atom stereocenters. The second kappa shape index (κ2) is 8.09. The second-order valence-electron chi connectivity index (χ2n) is 9.11. The molecule has 0 saturated heterocycles. The molecule has 0 aliphatic carbocycles. The minimum absolute atomic E-state index is 0.535. The van der Waals surface area contributed by atoms with Crippen molar-refractivity contribution in [1.29, 1.82) is 0 Å². The Labute approximate surface area is 208 Å². The maximum absolute atomic E-state index is 10.3. The van der Waals surface area contributed by atoms with Crippen LogP contribution < -0.4 is 5.46 Å². The van der Waals surface area contributed by atoms with Crippen LogP contribution in [0.2, 0.25) is 0 Å². The molecule has 7 rings (SSSR count). The molecule has 170 valence electrons. The van der Waals surface area contributed by atoms with Crippen molar-refractivity contribution in [3.63, 3.8) is 0 Å². The van der Waals surface area contributed by atoms with Crippen molar-refractivity contribution in [2.45, 2.75) is 0 Å². The van der Waals surface area contributed by atoms with Crippen molar-refractivity contribution in [1.82, 2.24) is 0 Å². The van der Waals surface area contributed by atoms with Crippen LogP contribution in [0.5, 0.6) is 0 Å². The summed E-state index contributed by atoms with van der Waals surface area (Å²) in [6, 6.07) is 38.8. The second-order valence-corrected chi connectivity index (χ2v) is 9.11. The third kappa shape index (κ3) is 3.09. The monoisotopic (exact) mass is 464 g/mol. The van der Waals surface area contributed by atoms with E-state index in [9.17, 15) is 10.0 Å². The molecule has 36 heavy (non-hydrogen) atoms. The van der Waals surface area contributed by atoms with Crippen molar-refractivity contribution in [3.05, 3.63) is 115 Å². The molecular formula is C32H21BO3. The van der Waals surface area contributed by atoms with E-state index in [0.29, 0.717) is 5.46 Å². The number of hydrogen-bond donors (Lipinski definition) is 2. The predicted molar refractivity (Wildman–Crippen MR) is 149 cm³/mol. The van der Waals surface area contributed by atoms with Crippen LogP contribution >= 0.6 is 0 Å². The number of hydrogen-bond acceptors (Lipinski definition) is 3. The van der Waals surface area contributed by atoms with E-state index in [-0.39, 0.29) is 0 Å². The lowest BCUT2D eigenvalue weighted by atomic mass is 9.72. The molecule has 0 fully saturated rings. The average Bonchev–Trinajstić information content (AvgIpc) is 3.30. The van der Waals surface area contributed by atoms with Gasteiger partial charge in [-0.2, -0.15) is 0 Å². The molecule has 4 heteroatoms. The van der Waals surface area contributed by atoms with Crippen LogP contribution in [-0.2, 0) is 0 Å². The minimum atomic E-state index is -1.56. The highest BCUT2D eigenvalue weighted by molar-refractivity contribution is 6.66. The molecule has 0 radical (unpaired) electrons. The molecule has 0 aliphatic heterocycles. The lowest BCUT2D eigenvalue weighted by Crippen LogP contribution is -2.31. The van der Waals surface area contributed by atoms with Gasteiger partial charge >= 0.3 is 7.12 Å². The summed E-state index contributed by atoms with van der Waals surface area (Å²) in [5, 5.41) is 26.3. The molecule has 1 heterocycles. The summed E-state index contributed by atoms with van der Waals surface area (Å²) >= 11 is 0. The fourth-order valence-corrected chi connectivity index (χ4v) is 5.55. The van der Waals surface area contributed by atoms with Gasteiger partial charge in [-0.05, 0) is 55.8 Å². The van der Waals surface area contributed by atoms with E-state index in [2.05, 4.69) is 42.5 Å². The third-order valence-corrected chi connectivity index (χ3v) is 7.10. The van der Waals surface area contributed by atoms with Gasteiger partial charge in [-0.1, -0.05) is 103 Å². The fourth-order valence-electron chi connectivity index (χ4n) is 5.55.